The molecule has 0 spiro atoms. The molecule has 0 radical (unpaired) electrons. The van der Waals surface area contributed by atoms with Crippen LogP contribution in [0.2, 0.25) is 0 Å². The first-order valence-electron chi connectivity index (χ1n) is 10.9. The van der Waals surface area contributed by atoms with Crippen molar-refractivity contribution >= 4 is 10.9 Å². The van der Waals surface area contributed by atoms with E-state index in [1.807, 2.05) is 6.07 Å². The van der Waals surface area contributed by atoms with Gasteiger partial charge in [-0.1, -0.05) is 19.3 Å². The zero-order valence-corrected chi connectivity index (χ0v) is 14.6. The number of hydrogen-bond donors (Lipinski definition) is 1. The maximum Gasteiger partial charge on any atom is 0.119 e. The molecular weight excluding hydrogens is 296 g/mol. The second kappa shape index (κ2) is 6.79. The van der Waals surface area contributed by atoms with Gasteiger partial charge in [0.25, 0.3) is 0 Å². The highest BCUT2D eigenvalue weighted by Crippen LogP contribution is 2.39. The van der Waals surface area contributed by atoms with Crippen molar-refractivity contribution in [1.29, 1.82) is 0 Å². The van der Waals surface area contributed by atoms with E-state index in [2.05, 4.69) is 17.1 Å². The number of rotatable bonds is 4. The topological polar surface area (TPSA) is 28.3 Å². The minimum absolute atomic E-state index is 0.0880. The maximum absolute atomic E-state index is 7.90. The lowest BCUT2D eigenvalue weighted by atomic mass is 9.84. The highest BCUT2D eigenvalue weighted by Gasteiger charge is 2.27. The van der Waals surface area contributed by atoms with E-state index >= 15 is 0 Å². The Kier molecular flexibility index (Phi) is 3.63. The molecule has 1 aromatic heterocycles. The average molecular weight is 330 g/mol. The standard InChI is InChI=1S/C21H30N2O/c1-23-12-6-9-16(23)13-19-18-14-17(24-2)10-11-20(18)22-21(19)15-7-4-3-5-8-15/h10-11,14-16,22H,3-9,12-13H2,1-2H3/t16-/m1/s1/i1D3. The molecule has 0 bridgehead atoms. The molecule has 1 aromatic carbocycles. The molecule has 2 aliphatic rings. The van der Waals surface area contributed by atoms with Crippen LogP contribution < -0.4 is 4.74 Å². The summed E-state index contributed by atoms with van der Waals surface area (Å²) < 4.78 is 29.2. The van der Waals surface area contributed by atoms with E-state index in [4.69, 9.17) is 8.85 Å². The minimum Gasteiger partial charge on any atom is -0.497 e. The summed E-state index contributed by atoms with van der Waals surface area (Å²) in [4.78, 5) is 5.43. The maximum atomic E-state index is 7.90. The number of methoxy groups -OCH3 is 1. The van der Waals surface area contributed by atoms with Crippen LogP contribution in [0.4, 0.5) is 0 Å². The number of aromatic nitrogens is 1. The summed E-state index contributed by atoms with van der Waals surface area (Å²) in [6.07, 6.45) is 9.08. The number of hydrogen-bond acceptors (Lipinski definition) is 2. The second-order valence-electron chi connectivity index (χ2n) is 7.46. The summed E-state index contributed by atoms with van der Waals surface area (Å²) in [6.45, 7) is -1.33. The van der Waals surface area contributed by atoms with Crippen molar-refractivity contribution in [3.05, 3.63) is 29.5 Å². The molecule has 3 nitrogen and oxygen atoms in total. The van der Waals surface area contributed by atoms with Gasteiger partial charge in [0, 0.05) is 26.8 Å². The quantitative estimate of drug-likeness (QED) is 0.867. The van der Waals surface area contributed by atoms with Crippen molar-refractivity contribution < 1.29 is 8.85 Å². The first-order chi connectivity index (χ1) is 13.0. The average Bonchev–Trinajstić information content (AvgIpc) is 3.27. The van der Waals surface area contributed by atoms with E-state index in [-0.39, 0.29) is 6.04 Å². The first kappa shape index (κ1) is 12.8. The fraction of sp³-hybridized carbons (Fsp3) is 0.619. The van der Waals surface area contributed by atoms with Crippen LogP contribution in [-0.4, -0.2) is 36.6 Å². The Balaban J connectivity index is 1.74. The molecule has 1 saturated carbocycles. The Bertz CT molecular complexity index is 793. The number of H-pyrrole nitrogens is 1. The molecule has 0 unspecified atom stereocenters. The Labute approximate surface area is 149 Å². The SMILES string of the molecule is [2H]C([2H])([2H])N1CCC[C@@H]1Cc1c(C2CCCCC2)[nH]c2ccc(OC)cc12. The van der Waals surface area contributed by atoms with E-state index < -0.39 is 6.98 Å². The van der Waals surface area contributed by atoms with Crippen LogP contribution in [0.25, 0.3) is 10.9 Å². The van der Waals surface area contributed by atoms with E-state index in [9.17, 15) is 0 Å². The fourth-order valence-electron chi connectivity index (χ4n) is 4.62. The predicted octanol–water partition coefficient (Wildman–Crippen LogP) is 4.86. The number of benzene rings is 1. The Morgan fingerprint density at radius 1 is 1.21 bits per heavy atom. The summed E-state index contributed by atoms with van der Waals surface area (Å²) in [5.41, 5.74) is 3.80. The van der Waals surface area contributed by atoms with E-state index in [1.54, 1.807) is 12.0 Å². The second-order valence-corrected chi connectivity index (χ2v) is 7.46. The van der Waals surface area contributed by atoms with Crippen LogP contribution in [0.5, 0.6) is 5.75 Å². The number of nitrogens with zero attached hydrogens (tertiary/aromatic N) is 1. The van der Waals surface area contributed by atoms with Crippen molar-refractivity contribution in [2.75, 3.05) is 20.6 Å². The molecule has 2 aromatic rings. The number of nitrogens with one attached hydrogen (secondary N) is 1. The molecule has 1 N–H and O–H groups in total. The van der Waals surface area contributed by atoms with Crippen molar-refractivity contribution in [3.63, 3.8) is 0 Å². The van der Waals surface area contributed by atoms with Crippen molar-refractivity contribution in [1.82, 2.24) is 9.88 Å². The summed E-state index contributed by atoms with van der Waals surface area (Å²) >= 11 is 0. The zero-order valence-electron chi connectivity index (χ0n) is 17.6. The molecule has 1 saturated heterocycles. The lowest BCUT2D eigenvalue weighted by Crippen LogP contribution is -2.27. The van der Waals surface area contributed by atoms with Crippen LogP contribution >= 0.6 is 0 Å². The third-order valence-corrected chi connectivity index (χ3v) is 5.98. The van der Waals surface area contributed by atoms with Crippen molar-refractivity contribution in [2.24, 2.45) is 0 Å². The fourth-order valence-corrected chi connectivity index (χ4v) is 4.62. The van der Waals surface area contributed by atoms with Gasteiger partial charge in [-0.15, -0.1) is 0 Å². The van der Waals surface area contributed by atoms with Crippen LogP contribution in [-0.2, 0) is 6.42 Å². The van der Waals surface area contributed by atoms with Gasteiger partial charge in [0.15, 0.2) is 0 Å². The Morgan fingerprint density at radius 2 is 2.08 bits per heavy atom. The van der Waals surface area contributed by atoms with Gasteiger partial charge in [-0.2, -0.15) is 0 Å². The number of likely N-dealkylation sites (tertiary alicyclic amines) is 1. The van der Waals surface area contributed by atoms with Crippen LogP contribution in [0.1, 0.15) is 66.2 Å². The molecule has 3 heteroatoms. The summed E-state index contributed by atoms with van der Waals surface area (Å²) in [5.74, 6) is 1.42. The molecule has 2 fully saturated rings. The zero-order chi connectivity index (χ0) is 19.0. The van der Waals surface area contributed by atoms with Gasteiger partial charge in [0.2, 0.25) is 0 Å². The number of aromatic amines is 1. The predicted molar refractivity (Wildman–Crippen MR) is 100 cm³/mol. The molecule has 24 heavy (non-hydrogen) atoms. The van der Waals surface area contributed by atoms with Crippen LogP contribution in [0.15, 0.2) is 18.2 Å². The minimum atomic E-state index is -2.00. The molecule has 0 amide bonds. The number of likely N-dealkylation sites (N-methyl/N-ethyl adjacent to an activating group) is 1. The van der Waals surface area contributed by atoms with Gasteiger partial charge in [0.1, 0.15) is 5.75 Å². The van der Waals surface area contributed by atoms with Gasteiger partial charge in [-0.25, -0.2) is 0 Å². The lowest BCUT2D eigenvalue weighted by molar-refractivity contribution is 0.308. The van der Waals surface area contributed by atoms with Crippen LogP contribution in [0.3, 0.4) is 0 Å². The lowest BCUT2D eigenvalue weighted by Gasteiger charge is -2.24. The molecular formula is C21H30N2O. The number of fused-ring (bicyclic) bond motifs is 1. The Morgan fingerprint density at radius 3 is 2.88 bits per heavy atom. The van der Waals surface area contributed by atoms with Gasteiger partial charge >= 0.3 is 0 Å². The molecule has 2 heterocycles. The summed E-state index contributed by atoms with van der Waals surface area (Å²) in [6, 6.07) is 6.30. The highest BCUT2D eigenvalue weighted by atomic mass is 16.5. The normalized spacial score (nSPS) is 25.5. The van der Waals surface area contributed by atoms with Crippen molar-refractivity contribution in [3.8, 4) is 5.75 Å². The summed E-state index contributed by atoms with van der Waals surface area (Å²) in [5, 5.41) is 1.20. The number of ether oxygens (including phenoxy) is 1. The van der Waals surface area contributed by atoms with E-state index in [0.29, 0.717) is 12.5 Å². The Hall–Kier alpha value is -1.48. The summed E-state index contributed by atoms with van der Waals surface area (Å²) in [7, 11) is 1.70. The van der Waals surface area contributed by atoms with Gasteiger partial charge in [-0.05, 0) is 75.3 Å². The largest absolute Gasteiger partial charge is 0.497 e. The van der Waals surface area contributed by atoms with Gasteiger partial charge < -0.3 is 14.6 Å². The first-order valence-corrected chi connectivity index (χ1v) is 9.42. The molecule has 130 valence electrons. The third-order valence-electron chi connectivity index (χ3n) is 5.98. The monoisotopic (exact) mass is 329 g/mol. The molecule has 4 rings (SSSR count). The third kappa shape index (κ3) is 2.95. The van der Waals surface area contributed by atoms with Crippen molar-refractivity contribution in [2.45, 2.75) is 63.3 Å². The highest BCUT2D eigenvalue weighted by molar-refractivity contribution is 5.86. The van der Waals surface area contributed by atoms with E-state index in [1.165, 1.54) is 48.7 Å². The van der Waals surface area contributed by atoms with Crippen LogP contribution in [0, 0.1) is 0 Å². The van der Waals surface area contributed by atoms with Gasteiger partial charge in [0.05, 0.1) is 7.11 Å². The molecule has 1 atom stereocenters. The van der Waals surface area contributed by atoms with Gasteiger partial charge in [-0.3, -0.25) is 0 Å². The smallest absolute Gasteiger partial charge is 0.119 e. The molecule has 1 aliphatic heterocycles. The van der Waals surface area contributed by atoms with E-state index in [0.717, 1.165) is 30.5 Å². The molecule has 1 aliphatic carbocycles.